The predicted molar refractivity (Wildman–Crippen MR) is 93.9 cm³/mol. The van der Waals surface area contributed by atoms with E-state index in [4.69, 9.17) is 4.74 Å². The molecule has 0 spiro atoms. The average Bonchev–Trinajstić information content (AvgIpc) is 3.01. The molecule has 1 aromatic carbocycles. The molecule has 0 amide bonds. The third-order valence-electron chi connectivity index (χ3n) is 4.08. The van der Waals surface area contributed by atoms with Gasteiger partial charge in [-0.15, -0.1) is 0 Å². The van der Waals surface area contributed by atoms with Crippen molar-refractivity contribution in [1.29, 1.82) is 0 Å². The summed E-state index contributed by atoms with van der Waals surface area (Å²) in [6, 6.07) is 1.84. The van der Waals surface area contributed by atoms with Crippen LogP contribution in [0.15, 0.2) is 18.5 Å². The number of thiazole rings is 1. The van der Waals surface area contributed by atoms with E-state index in [9.17, 15) is 5.11 Å². The fraction of sp³-hybridized carbons (Fsp3) is 0.294. The number of ether oxygens (including phenoxy) is 1. The molecule has 2 aromatic heterocycles. The van der Waals surface area contributed by atoms with E-state index >= 15 is 0 Å². The number of fused-ring (bicyclic) bond motifs is 1. The Balaban J connectivity index is 2.22. The van der Waals surface area contributed by atoms with Crippen LogP contribution < -0.4 is 10.1 Å². The summed E-state index contributed by atoms with van der Waals surface area (Å²) in [5.74, 6) is 1.12. The van der Waals surface area contributed by atoms with E-state index in [1.54, 1.807) is 30.8 Å². The van der Waals surface area contributed by atoms with E-state index in [1.807, 2.05) is 27.0 Å². The Hall–Kier alpha value is -2.34. The summed E-state index contributed by atoms with van der Waals surface area (Å²) < 4.78 is 6.43. The Morgan fingerprint density at radius 1 is 1.30 bits per heavy atom. The zero-order valence-electron chi connectivity index (χ0n) is 13.6. The van der Waals surface area contributed by atoms with Gasteiger partial charge in [0, 0.05) is 37.0 Å². The SMILES string of the molecule is CNc1nc2c(Cc3cnccc3OC)c(C)c(O)c(C)c2s1. The quantitative estimate of drug-likeness (QED) is 0.765. The van der Waals surface area contributed by atoms with Gasteiger partial charge >= 0.3 is 0 Å². The molecule has 0 aliphatic rings. The Morgan fingerprint density at radius 3 is 2.78 bits per heavy atom. The molecule has 3 rings (SSSR count). The number of aromatic nitrogens is 2. The van der Waals surface area contributed by atoms with Gasteiger partial charge in [0.1, 0.15) is 11.5 Å². The van der Waals surface area contributed by atoms with E-state index in [0.717, 1.165) is 43.4 Å². The molecule has 5 nitrogen and oxygen atoms in total. The second-order valence-electron chi connectivity index (χ2n) is 5.39. The number of anilines is 1. The summed E-state index contributed by atoms with van der Waals surface area (Å²) in [5.41, 5.74) is 4.64. The number of rotatable bonds is 4. The molecule has 6 heteroatoms. The maximum Gasteiger partial charge on any atom is 0.183 e. The highest BCUT2D eigenvalue weighted by molar-refractivity contribution is 7.22. The molecule has 0 atom stereocenters. The summed E-state index contributed by atoms with van der Waals surface area (Å²) >= 11 is 1.55. The van der Waals surface area contributed by atoms with Crippen molar-refractivity contribution in [3.63, 3.8) is 0 Å². The van der Waals surface area contributed by atoms with E-state index in [0.29, 0.717) is 12.2 Å². The van der Waals surface area contributed by atoms with E-state index in [1.165, 1.54) is 0 Å². The van der Waals surface area contributed by atoms with Gasteiger partial charge in [0.25, 0.3) is 0 Å². The van der Waals surface area contributed by atoms with E-state index < -0.39 is 0 Å². The first-order valence-electron chi connectivity index (χ1n) is 7.33. The fourth-order valence-electron chi connectivity index (χ4n) is 2.75. The number of hydrogen-bond donors (Lipinski definition) is 2. The summed E-state index contributed by atoms with van der Waals surface area (Å²) in [6.07, 6.45) is 4.12. The lowest BCUT2D eigenvalue weighted by molar-refractivity contribution is 0.410. The van der Waals surface area contributed by atoms with Crippen molar-refractivity contribution in [2.24, 2.45) is 0 Å². The molecule has 120 valence electrons. The first kappa shape index (κ1) is 15.6. The lowest BCUT2D eigenvalue weighted by atomic mass is 9.96. The maximum absolute atomic E-state index is 10.5. The van der Waals surface area contributed by atoms with Crippen LogP contribution in [0.25, 0.3) is 10.2 Å². The standard InChI is InChI=1S/C17H19N3O2S/c1-9-12(7-11-8-19-6-5-13(11)22-4)14-16(10(2)15(9)21)23-17(18-3)20-14/h5-6,8,21H,7H2,1-4H3,(H,18,20). The van der Waals surface area contributed by atoms with Crippen molar-refractivity contribution in [3.05, 3.63) is 40.7 Å². The number of methoxy groups -OCH3 is 1. The summed E-state index contributed by atoms with van der Waals surface area (Å²) in [5, 5.41) is 14.4. The minimum atomic E-state index is 0.335. The summed E-state index contributed by atoms with van der Waals surface area (Å²) in [6.45, 7) is 3.86. The van der Waals surface area contributed by atoms with Crippen molar-refractivity contribution in [3.8, 4) is 11.5 Å². The lowest BCUT2D eigenvalue weighted by Gasteiger charge is -2.13. The van der Waals surface area contributed by atoms with Gasteiger partial charge in [-0.3, -0.25) is 4.98 Å². The third kappa shape index (κ3) is 2.59. The molecule has 2 heterocycles. The Labute approximate surface area is 139 Å². The number of aromatic hydroxyl groups is 1. The molecule has 0 unspecified atom stereocenters. The monoisotopic (exact) mass is 329 g/mol. The number of benzene rings is 1. The smallest absolute Gasteiger partial charge is 0.183 e. The number of hydrogen-bond acceptors (Lipinski definition) is 6. The Bertz CT molecular complexity index is 874. The highest BCUT2D eigenvalue weighted by atomic mass is 32.1. The van der Waals surface area contributed by atoms with Crippen molar-refractivity contribution in [1.82, 2.24) is 9.97 Å². The van der Waals surface area contributed by atoms with Crippen LogP contribution in [0.2, 0.25) is 0 Å². The van der Waals surface area contributed by atoms with Crippen LogP contribution >= 0.6 is 11.3 Å². The molecular weight excluding hydrogens is 310 g/mol. The highest BCUT2D eigenvalue weighted by Gasteiger charge is 2.19. The fourth-order valence-corrected chi connectivity index (χ4v) is 3.70. The maximum atomic E-state index is 10.5. The zero-order valence-corrected chi connectivity index (χ0v) is 14.4. The van der Waals surface area contributed by atoms with Crippen LogP contribution in [0.5, 0.6) is 11.5 Å². The minimum absolute atomic E-state index is 0.335. The lowest BCUT2D eigenvalue weighted by Crippen LogP contribution is -1.99. The number of nitrogens with one attached hydrogen (secondary N) is 1. The number of phenolic OH excluding ortho intramolecular Hbond substituents is 1. The molecular formula is C17H19N3O2S. The molecule has 0 saturated carbocycles. The Morgan fingerprint density at radius 2 is 2.09 bits per heavy atom. The second kappa shape index (κ2) is 6.04. The number of pyridine rings is 1. The second-order valence-corrected chi connectivity index (χ2v) is 6.39. The predicted octanol–water partition coefficient (Wildman–Crippen LogP) is 3.65. The van der Waals surface area contributed by atoms with Crippen LogP contribution in [-0.2, 0) is 6.42 Å². The van der Waals surface area contributed by atoms with Crippen molar-refractivity contribution < 1.29 is 9.84 Å². The normalized spacial score (nSPS) is 11.0. The van der Waals surface area contributed by atoms with Crippen LogP contribution in [0.4, 0.5) is 5.13 Å². The average molecular weight is 329 g/mol. The third-order valence-corrected chi connectivity index (χ3v) is 5.27. The molecule has 0 aliphatic heterocycles. The van der Waals surface area contributed by atoms with Gasteiger partial charge in [-0.1, -0.05) is 11.3 Å². The summed E-state index contributed by atoms with van der Waals surface area (Å²) in [7, 11) is 3.50. The van der Waals surface area contributed by atoms with Gasteiger partial charge in [-0.2, -0.15) is 0 Å². The first-order chi connectivity index (χ1) is 11.1. The minimum Gasteiger partial charge on any atom is -0.507 e. The molecule has 0 radical (unpaired) electrons. The van der Waals surface area contributed by atoms with Gasteiger partial charge in [-0.25, -0.2) is 4.98 Å². The molecule has 0 fully saturated rings. The molecule has 0 aliphatic carbocycles. The Kier molecular flexibility index (Phi) is 4.09. The molecule has 0 saturated heterocycles. The van der Waals surface area contributed by atoms with Gasteiger partial charge in [-0.05, 0) is 31.0 Å². The molecule has 0 bridgehead atoms. The number of phenols is 1. The van der Waals surface area contributed by atoms with Crippen LogP contribution in [0.3, 0.4) is 0 Å². The topological polar surface area (TPSA) is 67.3 Å². The first-order valence-corrected chi connectivity index (χ1v) is 8.14. The largest absolute Gasteiger partial charge is 0.507 e. The van der Waals surface area contributed by atoms with Crippen molar-refractivity contribution >= 4 is 26.7 Å². The number of nitrogens with zero attached hydrogens (tertiary/aromatic N) is 2. The highest BCUT2D eigenvalue weighted by Crippen LogP contribution is 2.40. The van der Waals surface area contributed by atoms with E-state index in [2.05, 4.69) is 15.3 Å². The zero-order chi connectivity index (χ0) is 16.6. The van der Waals surface area contributed by atoms with E-state index in [-0.39, 0.29) is 0 Å². The molecule has 23 heavy (non-hydrogen) atoms. The molecule has 3 aromatic rings. The number of aryl methyl sites for hydroxylation is 1. The molecule has 2 N–H and O–H groups in total. The van der Waals surface area contributed by atoms with Gasteiger partial charge in [0.05, 0.1) is 17.3 Å². The van der Waals surface area contributed by atoms with Crippen molar-refractivity contribution in [2.45, 2.75) is 20.3 Å². The van der Waals surface area contributed by atoms with Gasteiger partial charge in [0.15, 0.2) is 5.13 Å². The van der Waals surface area contributed by atoms with Gasteiger partial charge in [0.2, 0.25) is 0 Å². The van der Waals surface area contributed by atoms with Crippen LogP contribution in [0, 0.1) is 13.8 Å². The van der Waals surface area contributed by atoms with Crippen molar-refractivity contribution in [2.75, 3.05) is 19.5 Å². The summed E-state index contributed by atoms with van der Waals surface area (Å²) in [4.78, 5) is 8.87. The van der Waals surface area contributed by atoms with Gasteiger partial charge < -0.3 is 15.2 Å². The van der Waals surface area contributed by atoms with Crippen LogP contribution in [0.1, 0.15) is 22.3 Å². The van der Waals surface area contributed by atoms with Crippen LogP contribution in [-0.4, -0.2) is 29.2 Å².